The SMILES string of the molecule is CCn1cc(C2CN(c3cc(-c4ccccc4)n4ncnc4n3)CCO2)cn1. The Kier molecular flexibility index (Phi) is 4.25. The average molecular weight is 375 g/mol. The first kappa shape index (κ1) is 16.9. The minimum atomic E-state index is -0.0230. The van der Waals surface area contributed by atoms with Gasteiger partial charge in [-0.15, -0.1) is 0 Å². The van der Waals surface area contributed by atoms with Crippen molar-refractivity contribution in [3.63, 3.8) is 0 Å². The van der Waals surface area contributed by atoms with Gasteiger partial charge in [0.1, 0.15) is 18.2 Å². The van der Waals surface area contributed by atoms with Gasteiger partial charge in [0.15, 0.2) is 0 Å². The number of fused-ring (bicyclic) bond motifs is 1. The van der Waals surface area contributed by atoms with Crippen molar-refractivity contribution >= 4 is 11.6 Å². The van der Waals surface area contributed by atoms with Gasteiger partial charge in [-0.25, -0.2) is 0 Å². The fourth-order valence-electron chi connectivity index (χ4n) is 3.55. The average Bonchev–Trinajstić information content (AvgIpc) is 3.43. The molecule has 1 aliphatic heterocycles. The highest BCUT2D eigenvalue weighted by molar-refractivity contribution is 5.66. The normalized spacial score (nSPS) is 17.3. The molecule has 1 atom stereocenters. The topological polar surface area (TPSA) is 73.4 Å². The number of hydrogen-bond donors (Lipinski definition) is 0. The number of morpholine rings is 1. The van der Waals surface area contributed by atoms with Crippen molar-refractivity contribution in [3.8, 4) is 11.3 Å². The third-order valence-electron chi connectivity index (χ3n) is 5.05. The quantitative estimate of drug-likeness (QED) is 0.546. The van der Waals surface area contributed by atoms with E-state index in [1.807, 2.05) is 29.1 Å². The highest BCUT2D eigenvalue weighted by atomic mass is 16.5. The van der Waals surface area contributed by atoms with Gasteiger partial charge in [-0.2, -0.15) is 24.7 Å². The van der Waals surface area contributed by atoms with Gasteiger partial charge < -0.3 is 9.64 Å². The van der Waals surface area contributed by atoms with E-state index < -0.39 is 0 Å². The van der Waals surface area contributed by atoms with E-state index in [2.05, 4.69) is 51.4 Å². The number of ether oxygens (including phenoxy) is 1. The summed E-state index contributed by atoms with van der Waals surface area (Å²) >= 11 is 0. The summed E-state index contributed by atoms with van der Waals surface area (Å²) in [5, 5.41) is 8.72. The first-order valence-electron chi connectivity index (χ1n) is 9.47. The molecule has 28 heavy (non-hydrogen) atoms. The Morgan fingerprint density at radius 3 is 2.89 bits per heavy atom. The largest absolute Gasteiger partial charge is 0.370 e. The minimum Gasteiger partial charge on any atom is -0.370 e. The highest BCUT2D eigenvalue weighted by Gasteiger charge is 2.25. The number of benzene rings is 1. The van der Waals surface area contributed by atoms with Gasteiger partial charge in [0.05, 0.1) is 18.5 Å². The smallest absolute Gasteiger partial charge is 0.254 e. The van der Waals surface area contributed by atoms with Crippen LogP contribution in [0.15, 0.2) is 55.1 Å². The number of rotatable bonds is 4. The lowest BCUT2D eigenvalue weighted by atomic mass is 10.1. The summed E-state index contributed by atoms with van der Waals surface area (Å²) in [7, 11) is 0. The van der Waals surface area contributed by atoms with E-state index in [0.717, 1.165) is 42.3 Å². The molecule has 0 bridgehead atoms. The summed E-state index contributed by atoms with van der Waals surface area (Å²) in [6, 6.07) is 12.3. The van der Waals surface area contributed by atoms with Crippen LogP contribution in [0.5, 0.6) is 0 Å². The lowest BCUT2D eigenvalue weighted by Gasteiger charge is -2.33. The van der Waals surface area contributed by atoms with Gasteiger partial charge >= 0.3 is 0 Å². The first-order valence-corrected chi connectivity index (χ1v) is 9.47. The summed E-state index contributed by atoms with van der Waals surface area (Å²) in [4.78, 5) is 11.3. The van der Waals surface area contributed by atoms with E-state index in [9.17, 15) is 0 Å². The molecule has 142 valence electrons. The molecule has 8 nitrogen and oxygen atoms in total. The maximum absolute atomic E-state index is 6.00. The summed E-state index contributed by atoms with van der Waals surface area (Å²) in [6.07, 6.45) is 5.46. The third kappa shape index (κ3) is 3.01. The van der Waals surface area contributed by atoms with Crippen molar-refractivity contribution in [2.24, 2.45) is 0 Å². The molecule has 1 unspecified atom stereocenters. The molecule has 1 aromatic carbocycles. The predicted octanol–water partition coefficient (Wildman–Crippen LogP) is 2.59. The molecule has 1 saturated heterocycles. The van der Waals surface area contributed by atoms with Crippen LogP contribution in [-0.2, 0) is 11.3 Å². The Hall–Kier alpha value is -3.26. The van der Waals surface area contributed by atoms with Crippen LogP contribution in [-0.4, -0.2) is 49.1 Å². The van der Waals surface area contributed by atoms with Gasteiger partial charge in [-0.05, 0) is 6.92 Å². The fourth-order valence-corrected chi connectivity index (χ4v) is 3.55. The fraction of sp³-hybridized carbons (Fsp3) is 0.300. The number of aryl methyl sites for hydroxylation is 1. The molecular formula is C20H21N7O. The Bertz CT molecular complexity index is 1090. The number of aromatic nitrogens is 6. The van der Waals surface area contributed by atoms with Crippen molar-refractivity contribution < 1.29 is 4.74 Å². The second kappa shape index (κ2) is 7.05. The van der Waals surface area contributed by atoms with Crippen molar-refractivity contribution in [1.82, 2.24) is 29.4 Å². The van der Waals surface area contributed by atoms with Crippen LogP contribution in [0.3, 0.4) is 0 Å². The minimum absolute atomic E-state index is 0.0230. The van der Waals surface area contributed by atoms with Crippen molar-refractivity contribution in [1.29, 1.82) is 0 Å². The van der Waals surface area contributed by atoms with Crippen LogP contribution in [0.1, 0.15) is 18.6 Å². The Morgan fingerprint density at radius 2 is 2.07 bits per heavy atom. The van der Waals surface area contributed by atoms with Crippen LogP contribution < -0.4 is 4.90 Å². The summed E-state index contributed by atoms with van der Waals surface area (Å²) in [5.74, 6) is 1.48. The first-order chi connectivity index (χ1) is 13.8. The maximum atomic E-state index is 6.00. The molecule has 5 rings (SSSR count). The number of anilines is 1. The third-order valence-corrected chi connectivity index (χ3v) is 5.05. The molecule has 4 heterocycles. The molecule has 0 N–H and O–H groups in total. The van der Waals surface area contributed by atoms with Crippen LogP contribution in [0.2, 0.25) is 0 Å². The van der Waals surface area contributed by atoms with E-state index in [1.165, 1.54) is 0 Å². The molecule has 8 heteroatoms. The molecule has 0 spiro atoms. The highest BCUT2D eigenvalue weighted by Crippen LogP contribution is 2.28. The Labute approximate surface area is 162 Å². The number of nitrogens with zero attached hydrogens (tertiary/aromatic N) is 7. The molecule has 3 aromatic heterocycles. The van der Waals surface area contributed by atoms with Crippen LogP contribution >= 0.6 is 0 Å². The molecule has 0 radical (unpaired) electrons. The van der Waals surface area contributed by atoms with E-state index in [-0.39, 0.29) is 6.10 Å². The molecule has 0 aliphatic carbocycles. The lowest BCUT2D eigenvalue weighted by molar-refractivity contribution is 0.0395. The van der Waals surface area contributed by atoms with Gasteiger partial charge in [0, 0.05) is 43.0 Å². The Morgan fingerprint density at radius 1 is 1.18 bits per heavy atom. The van der Waals surface area contributed by atoms with Gasteiger partial charge in [0.25, 0.3) is 5.78 Å². The van der Waals surface area contributed by atoms with Crippen molar-refractivity contribution in [2.75, 3.05) is 24.6 Å². The van der Waals surface area contributed by atoms with Crippen LogP contribution in [0, 0.1) is 0 Å². The Balaban J connectivity index is 1.50. The molecule has 4 aromatic rings. The monoisotopic (exact) mass is 375 g/mol. The predicted molar refractivity (Wildman–Crippen MR) is 105 cm³/mol. The van der Waals surface area contributed by atoms with Crippen molar-refractivity contribution in [2.45, 2.75) is 19.6 Å². The van der Waals surface area contributed by atoms with Crippen molar-refractivity contribution in [3.05, 3.63) is 60.7 Å². The van der Waals surface area contributed by atoms with E-state index >= 15 is 0 Å². The lowest BCUT2D eigenvalue weighted by Crippen LogP contribution is -2.39. The second-order valence-corrected chi connectivity index (χ2v) is 6.77. The maximum Gasteiger partial charge on any atom is 0.254 e. The summed E-state index contributed by atoms with van der Waals surface area (Å²) < 4.78 is 9.71. The van der Waals surface area contributed by atoms with Crippen LogP contribution in [0.25, 0.3) is 17.0 Å². The summed E-state index contributed by atoms with van der Waals surface area (Å²) in [5.41, 5.74) is 3.15. The zero-order valence-corrected chi connectivity index (χ0v) is 15.6. The van der Waals surface area contributed by atoms with E-state index in [4.69, 9.17) is 9.72 Å². The summed E-state index contributed by atoms with van der Waals surface area (Å²) in [6.45, 7) is 5.07. The zero-order valence-electron chi connectivity index (χ0n) is 15.6. The van der Waals surface area contributed by atoms with E-state index in [0.29, 0.717) is 12.4 Å². The van der Waals surface area contributed by atoms with Gasteiger partial charge in [-0.3, -0.25) is 4.68 Å². The molecule has 1 aliphatic rings. The molecule has 0 amide bonds. The standard InChI is InChI=1S/C20H21N7O/c1-2-26-12-16(11-22-26)18-13-25(8-9-28-18)19-10-17(15-6-4-3-5-7-15)27-20(24-19)21-14-23-27/h3-7,10-12,14,18H,2,8-9,13H2,1H3. The van der Waals surface area contributed by atoms with Gasteiger partial charge in [-0.1, -0.05) is 30.3 Å². The van der Waals surface area contributed by atoms with Gasteiger partial charge in [0.2, 0.25) is 0 Å². The second-order valence-electron chi connectivity index (χ2n) is 6.77. The molecule has 1 fully saturated rings. The zero-order chi connectivity index (χ0) is 18.9. The van der Waals surface area contributed by atoms with E-state index in [1.54, 1.807) is 10.8 Å². The molecular weight excluding hydrogens is 354 g/mol. The number of hydrogen-bond acceptors (Lipinski definition) is 6. The molecule has 0 saturated carbocycles. The van der Waals surface area contributed by atoms with Crippen LogP contribution in [0.4, 0.5) is 5.82 Å².